The Balaban J connectivity index is 3.56. The normalized spacial score (nSPS) is 13.0. The van der Waals surface area contributed by atoms with Crippen LogP contribution in [-0.2, 0) is 14.3 Å². The Morgan fingerprint density at radius 3 is 1.13 bits per heavy atom. The van der Waals surface area contributed by atoms with Crippen LogP contribution in [0.25, 0.3) is 0 Å². The van der Waals surface area contributed by atoms with Crippen molar-refractivity contribution in [2.24, 2.45) is 0 Å². The van der Waals surface area contributed by atoms with Crippen molar-refractivity contribution in [2.45, 2.75) is 328 Å². The molecule has 0 heterocycles. The summed E-state index contributed by atoms with van der Waals surface area (Å²) >= 11 is 0. The maximum atomic E-state index is 12.5. The van der Waals surface area contributed by atoms with Crippen molar-refractivity contribution in [1.29, 1.82) is 0 Å². The summed E-state index contributed by atoms with van der Waals surface area (Å²) in [6.45, 7) is 4.83. The van der Waals surface area contributed by atoms with Crippen LogP contribution in [0.2, 0.25) is 0 Å². The Kier molecular flexibility index (Phi) is 58.1. The van der Waals surface area contributed by atoms with E-state index in [4.69, 9.17) is 4.74 Å². The molecule has 0 aliphatic heterocycles. The molecule has 0 aromatic carbocycles. The van der Waals surface area contributed by atoms with Gasteiger partial charge in [-0.15, -0.1) is 0 Å². The number of allylic oxidation sites excluding steroid dienone is 9. The van der Waals surface area contributed by atoms with E-state index < -0.39 is 12.1 Å². The molecule has 414 valence electrons. The molecule has 0 aliphatic rings. The monoisotopic (exact) mass is 994 g/mol. The Hall–Kier alpha value is -2.44. The van der Waals surface area contributed by atoms with E-state index in [1.54, 1.807) is 6.08 Å². The molecule has 71 heavy (non-hydrogen) atoms. The summed E-state index contributed by atoms with van der Waals surface area (Å²) < 4.78 is 5.47. The smallest absolute Gasteiger partial charge is 0.305 e. The Morgan fingerprint density at radius 1 is 0.394 bits per heavy atom. The summed E-state index contributed by atoms with van der Waals surface area (Å²) in [7, 11) is 0. The van der Waals surface area contributed by atoms with Crippen molar-refractivity contribution in [3.8, 4) is 0 Å². The molecule has 3 N–H and O–H groups in total. The predicted molar refractivity (Wildman–Crippen MR) is 310 cm³/mol. The van der Waals surface area contributed by atoms with Gasteiger partial charge in [0, 0.05) is 12.8 Å². The lowest BCUT2D eigenvalue weighted by Crippen LogP contribution is -2.45. The molecule has 0 fully saturated rings. The van der Waals surface area contributed by atoms with Crippen LogP contribution in [-0.4, -0.2) is 47.4 Å². The van der Waals surface area contributed by atoms with E-state index >= 15 is 0 Å². The van der Waals surface area contributed by atoms with Gasteiger partial charge >= 0.3 is 5.97 Å². The summed E-state index contributed by atoms with van der Waals surface area (Å²) in [6.07, 6.45) is 78.4. The van der Waals surface area contributed by atoms with Gasteiger partial charge in [0.2, 0.25) is 5.91 Å². The minimum absolute atomic E-state index is 0.0224. The van der Waals surface area contributed by atoms with Crippen LogP contribution in [0.4, 0.5) is 0 Å². The van der Waals surface area contributed by atoms with Crippen molar-refractivity contribution < 1.29 is 24.5 Å². The topological polar surface area (TPSA) is 95.9 Å². The number of rotatable bonds is 57. The van der Waals surface area contributed by atoms with E-state index in [9.17, 15) is 19.8 Å². The second kappa shape index (κ2) is 60.1. The summed E-state index contributed by atoms with van der Waals surface area (Å²) in [5, 5.41) is 23.1. The van der Waals surface area contributed by atoms with E-state index in [1.165, 1.54) is 225 Å². The van der Waals surface area contributed by atoms with Crippen LogP contribution in [0.15, 0.2) is 60.8 Å². The van der Waals surface area contributed by atoms with Gasteiger partial charge in [-0.25, -0.2) is 0 Å². The van der Waals surface area contributed by atoms with Gasteiger partial charge in [-0.1, -0.05) is 280 Å². The molecule has 6 nitrogen and oxygen atoms in total. The van der Waals surface area contributed by atoms with Gasteiger partial charge < -0.3 is 20.3 Å². The molecule has 0 saturated carbocycles. The minimum Gasteiger partial charge on any atom is -0.466 e. The van der Waals surface area contributed by atoms with Gasteiger partial charge in [0.15, 0.2) is 0 Å². The summed E-state index contributed by atoms with van der Waals surface area (Å²) in [5.74, 6) is -0.170. The number of aliphatic hydroxyl groups excluding tert-OH is 2. The highest BCUT2D eigenvalue weighted by Crippen LogP contribution is 2.17. The molecule has 2 atom stereocenters. The molecule has 0 aliphatic carbocycles. The molecule has 0 spiro atoms. The number of carbonyl (C=O) groups excluding carboxylic acids is 2. The lowest BCUT2D eigenvalue weighted by atomic mass is 10.0. The van der Waals surface area contributed by atoms with Gasteiger partial charge in [0.05, 0.1) is 25.4 Å². The molecule has 6 heteroatoms. The average molecular weight is 995 g/mol. The number of hydrogen-bond acceptors (Lipinski definition) is 5. The van der Waals surface area contributed by atoms with E-state index in [1.807, 2.05) is 12.2 Å². The highest BCUT2D eigenvalue weighted by Gasteiger charge is 2.17. The van der Waals surface area contributed by atoms with Gasteiger partial charge in [-0.05, 0) is 83.5 Å². The van der Waals surface area contributed by atoms with Crippen molar-refractivity contribution >= 4 is 11.9 Å². The molecular weight excluding hydrogens is 875 g/mol. The fraction of sp³-hybridized carbons (Fsp3) is 0.815. The highest BCUT2D eigenvalue weighted by molar-refractivity contribution is 5.76. The van der Waals surface area contributed by atoms with Gasteiger partial charge in [-0.3, -0.25) is 9.59 Å². The number of unbranched alkanes of at least 4 members (excludes halogenated alkanes) is 38. The van der Waals surface area contributed by atoms with Crippen LogP contribution >= 0.6 is 0 Å². The van der Waals surface area contributed by atoms with Crippen molar-refractivity contribution in [3.05, 3.63) is 60.8 Å². The third kappa shape index (κ3) is 56.7. The van der Waals surface area contributed by atoms with Crippen LogP contribution < -0.4 is 5.32 Å². The first-order chi connectivity index (χ1) is 35.0. The maximum Gasteiger partial charge on any atom is 0.305 e. The van der Waals surface area contributed by atoms with E-state index in [0.29, 0.717) is 25.9 Å². The SMILES string of the molecule is CCCCC/C=C\C/C=C\CCCCCCCCCCCC(=O)OCCCCCCCC/C=C\C/C=C\CCC(=O)NC(CO)C(O)/C=C/CCCCCCCCCCCCCCCCCCCCCC. The van der Waals surface area contributed by atoms with Crippen molar-refractivity contribution in [1.82, 2.24) is 5.32 Å². The first-order valence-electron chi connectivity index (χ1n) is 31.1. The van der Waals surface area contributed by atoms with Crippen LogP contribution in [0, 0.1) is 0 Å². The third-order valence-electron chi connectivity index (χ3n) is 14.0. The molecule has 0 rings (SSSR count). The molecule has 0 bridgehead atoms. The first-order valence-corrected chi connectivity index (χ1v) is 31.1. The number of amides is 1. The van der Waals surface area contributed by atoms with E-state index in [2.05, 4.69) is 61.7 Å². The number of aliphatic hydroxyl groups is 2. The van der Waals surface area contributed by atoms with E-state index in [0.717, 1.165) is 57.8 Å². The molecule has 2 unspecified atom stereocenters. The molecular formula is C65H119NO5. The number of ether oxygens (including phenoxy) is 1. The quantitative estimate of drug-likeness (QED) is 0.0321. The van der Waals surface area contributed by atoms with Crippen LogP contribution in [0.3, 0.4) is 0 Å². The minimum atomic E-state index is -0.882. The van der Waals surface area contributed by atoms with Gasteiger partial charge in [-0.2, -0.15) is 0 Å². The summed E-state index contributed by atoms with van der Waals surface area (Å²) in [5.41, 5.74) is 0. The average Bonchev–Trinajstić information content (AvgIpc) is 3.37. The fourth-order valence-electron chi connectivity index (χ4n) is 9.24. The number of hydrogen-bond donors (Lipinski definition) is 3. The zero-order chi connectivity index (χ0) is 51.4. The Bertz CT molecular complexity index is 1240. The highest BCUT2D eigenvalue weighted by atomic mass is 16.5. The van der Waals surface area contributed by atoms with E-state index in [-0.39, 0.29) is 18.5 Å². The molecule has 0 radical (unpaired) electrons. The fourth-order valence-corrected chi connectivity index (χ4v) is 9.24. The van der Waals surface area contributed by atoms with Gasteiger partial charge in [0.25, 0.3) is 0 Å². The van der Waals surface area contributed by atoms with Gasteiger partial charge in [0.1, 0.15) is 0 Å². The second-order valence-electron chi connectivity index (χ2n) is 21.0. The summed E-state index contributed by atoms with van der Waals surface area (Å²) in [6, 6.07) is -0.675. The summed E-state index contributed by atoms with van der Waals surface area (Å²) in [4.78, 5) is 24.5. The first kappa shape index (κ1) is 68.6. The zero-order valence-electron chi connectivity index (χ0n) is 47.2. The van der Waals surface area contributed by atoms with Crippen LogP contribution in [0.1, 0.15) is 316 Å². The lowest BCUT2D eigenvalue weighted by Gasteiger charge is -2.19. The maximum absolute atomic E-state index is 12.5. The number of esters is 1. The number of carbonyl (C=O) groups is 2. The number of nitrogens with one attached hydrogen (secondary N) is 1. The third-order valence-corrected chi connectivity index (χ3v) is 14.0. The predicted octanol–water partition coefficient (Wildman–Crippen LogP) is 19.5. The second-order valence-corrected chi connectivity index (χ2v) is 21.0. The molecule has 1 amide bonds. The standard InChI is InChI=1S/C65H119NO5/c1-3-5-7-9-11-13-15-17-19-21-23-24-25-27-28-30-33-37-41-45-49-53-57-63(68)62(61-67)66-64(69)58-54-50-46-42-38-34-32-36-40-44-48-52-56-60-71-65(70)59-55-51-47-43-39-35-31-29-26-22-20-18-16-14-12-10-8-6-4-2/h12,14,18,20,34,38,46,50,53,57,62-63,67-68H,3-11,13,15-17,19,21-33,35-37,39-45,47-49,51-52,54-56,58-61H2,1-2H3,(H,66,69)/b14-12-,20-18-,38-34-,50-46-,57-53+. The Morgan fingerprint density at radius 2 is 0.718 bits per heavy atom. The van der Waals surface area contributed by atoms with Crippen LogP contribution in [0.5, 0.6) is 0 Å². The zero-order valence-corrected chi connectivity index (χ0v) is 47.2. The molecule has 0 aromatic heterocycles. The van der Waals surface area contributed by atoms with Crippen molar-refractivity contribution in [2.75, 3.05) is 13.2 Å². The molecule has 0 aromatic rings. The largest absolute Gasteiger partial charge is 0.466 e. The molecule has 0 saturated heterocycles. The van der Waals surface area contributed by atoms with Crippen molar-refractivity contribution in [3.63, 3.8) is 0 Å². The lowest BCUT2D eigenvalue weighted by molar-refractivity contribution is -0.143. The Labute approximate surface area is 441 Å².